The van der Waals surface area contributed by atoms with Crippen LogP contribution in [-0.2, 0) is 6.54 Å². The molecule has 2 nitrogen and oxygen atoms in total. The van der Waals surface area contributed by atoms with Crippen LogP contribution in [0.3, 0.4) is 0 Å². The van der Waals surface area contributed by atoms with Crippen molar-refractivity contribution in [3.63, 3.8) is 0 Å². The maximum Gasteiger partial charge on any atom is 0.123 e. The summed E-state index contributed by atoms with van der Waals surface area (Å²) < 4.78 is 12.9. The topological polar surface area (TPSA) is 24.9 Å². The number of aromatic nitrogens is 1. The summed E-state index contributed by atoms with van der Waals surface area (Å²) in [6.07, 6.45) is 1.80. The molecule has 0 saturated carbocycles. The van der Waals surface area contributed by atoms with Crippen LogP contribution in [0.1, 0.15) is 16.8 Å². The molecule has 0 radical (unpaired) electrons. The number of nitrogens with zero attached hydrogens (tertiary/aromatic N) is 1. The van der Waals surface area contributed by atoms with Gasteiger partial charge in [-0.15, -0.1) is 0 Å². The van der Waals surface area contributed by atoms with E-state index < -0.39 is 0 Å². The summed E-state index contributed by atoms with van der Waals surface area (Å²) in [7, 11) is 0. The first-order chi connectivity index (χ1) is 8.15. The molecule has 3 heteroatoms. The van der Waals surface area contributed by atoms with Crippen LogP contribution in [0.2, 0.25) is 0 Å². The molecule has 1 heterocycles. The van der Waals surface area contributed by atoms with E-state index in [9.17, 15) is 4.39 Å². The van der Waals surface area contributed by atoms with Crippen LogP contribution in [0, 0.1) is 19.7 Å². The normalized spacial score (nSPS) is 10.3. The minimum atomic E-state index is -0.191. The molecule has 1 N–H and O–H groups in total. The smallest absolute Gasteiger partial charge is 0.123 e. The third-order valence-electron chi connectivity index (χ3n) is 2.70. The Kier molecular flexibility index (Phi) is 3.38. The largest absolute Gasteiger partial charge is 0.380 e. The maximum atomic E-state index is 12.9. The molecule has 0 aliphatic heterocycles. The van der Waals surface area contributed by atoms with Crippen LogP contribution in [-0.4, -0.2) is 4.98 Å². The highest BCUT2D eigenvalue weighted by molar-refractivity contribution is 5.42. The third kappa shape index (κ3) is 3.03. The lowest BCUT2D eigenvalue weighted by atomic mass is 10.1. The van der Waals surface area contributed by atoms with Crippen LogP contribution in [0.4, 0.5) is 10.1 Å². The van der Waals surface area contributed by atoms with Crippen LogP contribution in [0.25, 0.3) is 0 Å². The maximum absolute atomic E-state index is 12.9. The van der Waals surface area contributed by atoms with Gasteiger partial charge in [0.25, 0.3) is 0 Å². The minimum absolute atomic E-state index is 0.191. The molecule has 0 saturated heterocycles. The van der Waals surface area contributed by atoms with E-state index in [4.69, 9.17) is 0 Å². The standard InChI is InChI=1S/C14H15FN2/c1-10-7-13(15)5-4-12(10)8-17-14-6-3-11(2)16-9-14/h3-7,9,17H,8H2,1-2H3. The highest BCUT2D eigenvalue weighted by Crippen LogP contribution is 2.13. The Hall–Kier alpha value is -1.90. The van der Waals surface area contributed by atoms with Crippen molar-refractivity contribution in [2.45, 2.75) is 20.4 Å². The number of pyridine rings is 1. The summed E-state index contributed by atoms with van der Waals surface area (Å²) in [4.78, 5) is 4.21. The van der Waals surface area contributed by atoms with Crippen molar-refractivity contribution in [1.82, 2.24) is 4.98 Å². The SMILES string of the molecule is Cc1ccc(NCc2ccc(F)cc2C)cn1. The van der Waals surface area contributed by atoms with Crippen LogP contribution < -0.4 is 5.32 Å². The Morgan fingerprint density at radius 1 is 1.18 bits per heavy atom. The van der Waals surface area contributed by atoms with E-state index in [1.165, 1.54) is 6.07 Å². The fourth-order valence-electron chi connectivity index (χ4n) is 1.63. The van der Waals surface area contributed by atoms with E-state index in [-0.39, 0.29) is 5.82 Å². The van der Waals surface area contributed by atoms with E-state index in [0.29, 0.717) is 6.54 Å². The van der Waals surface area contributed by atoms with E-state index in [0.717, 1.165) is 22.5 Å². The van der Waals surface area contributed by atoms with E-state index in [1.54, 1.807) is 18.3 Å². The molecule has 2 aromatic rings. The first-order valence-corrected chi connectivity index (χ1v) is 5.57. The van der Waals surface area contributed by atoms with Crippen molar-refractivity contribution in [3.05, 3.63) is 59.2 Å². The highest BCUT2D eigenvalue weighted by Gasteiger charge is 2.00. The Bertz CT molecular complexity index is 506. The third-order valence-corrected chi connectivity index (χ3v) is 2.70. The monoisotopic (exact) mass is 230 g/mol. The molecule has 0 bridgehead atoms. The predicted octanol–water partition coefficient (Wildman–Crippen LogP) is 3.45. The summed E-state index contributed by atoms with van der Waals surface area (Å²) >= 11 is 0. The van der Waals surface area contributed by atoms with Gasteiger partial charge in [-0.2, -0.15) is 0 Å². The molecule has 0 atom stereocenters. The van der Waals surface area contributed by atoms with Crippen molar-refractivity contribution >= 4 is 5.69 Å². The van der Waals surface area contributed by atoms with Crippen LogP contribution >= 0.6 is 0 Å². The number of anilines is 1. The summed E-state index contributed by atoms with van der Waals surface area (Å²) in [6, 6.07) is 8.78. The lowest BCUT2D eigenvalue weighted by molar-refractivity contribution is 0.625. The average molecular weight is 230 g/mol. The van der Waals surface area contributed by atoms with Crippen molar-refractivity contribution in [3.8, 4) is 0 Å². The number of nitrogens with one attached hydrogen (secondary N) is 1. The molecule has 0 aliphatic rings. The van der Waals surface area contributed by atoms with Gasteiger partial charge in [0.1, 0.15) is 5.82 Å². The van der Waals surface area contributed by atoms with Crippen molar-refractivity contribution in [2.24, 2.45) is 0 Å². The molecule has 0 spiro atoms. The molecular weight excluding hydrogens is 215 g/mol. The summed E-state index contributed by atoms with van der Waals surface area (Å²) in [5.74, 6) is -0.191. The molecule has 0 amide bonds. The quantitative estimate of drug-likeness (QED) is 0.873. The summed E-state index contributed by atoms with van der Waals surface area (Å²) in [5, 5.41) is 3.26. The average Bonchev–Trinajstić information content (AvgIpc) is 2.30. The van der Waals surface area contributed by atoms with E-state index in [1.807, 2.05) is 26.0 Å². The van der Waals surface area contributed by atoms with Crippen molar-refractivity contribution in [1.29, 1.82) is 0 Å². The van der Waals surface area contributed by atoms with Gasteiger partial charge in [0.05, 0.1) is 11.9 Å². The van der Waals surface area contributed by atoms with Gasteiger partial charge >= 0.3 is 0 Å². The zero-order chi connectivity index (χ0) is 12.3. The lowest BCUT2D eigenvalue weighted by Gasteiger charge is -2.09. The molecule has 88 valence electrons. The molecule has 0 unspecified atom stereocenters. The van der Waals surface area contributed by atoms with Gasteiger partial charge in [-0.3, -0.25) is 4.98 Å². The second-order valence-corrected chi connectivity index (χ2v) is 4.11. The molecular formula is C14H15FN2. The van der Waals surface area contributed by atoms with E-state index in [2.05, 4.69) is 10.3 Å². The number of benzene rings is 1. The fourth-order valence-corrected chi connectivity index (χ4v) is 1.63. The molecule has 2 rings (SSSR count). The lowest BCUT2D eigenvalue weighted by Crippen LogP contribution is -2.02. The number of rotatable bonds is 3. The van der Waals surface area contributed by atoms with Gasteiger partial charge in [0, 0.05) is 12.2 Å². The van der Waals surface area contributed by atoms with Gasteiger partial charge in [-0.25, -0.2) is 4.39 Å². The molecule has 17 heavy (non-hydrogen) atoms. The second kappa shape index (κ2) is 4.95. The summed E-state index contributed by atoms with van der Waals surface area (Å²) in [6.45, 7) is 4.54. The predicted molar refractivity (Wildman–Crippen MR) is 67.4 cm³/mol. The molecule has 0 fully saturated rings. The zero-order valence-electron chi connectivity index (χ0n) is 10.00. The van der Waals surface area contributed by atoms with Gasteiger partial charge in [0.2, 0.25) is 0 Å². The fraction of sp³-hybridized carbons (Fsp3) is 0.214. The first-order valence-electron chi connectivity index (χ1n) is 5.57. The Balaban J connectivity index is 2.04. The van der Waals surface area contributed by atoms with Gasteiger partial charge in [-0.05, 0) is 49.2 Å². The minimum Gasteiger partial charge on any atom is -0.380 e. The van der Waals surface area contributed by atoms with Gasteiger partial charge in [0.15, 0.2) is 0 Å². The van der Waals surface area contributed by atoms with Crippen molar-refractivity contribution in [2.75, 3.05) is 5.32 Å². The Morgan fingerprint density at radius 3 is 2.65 bits per heavy atom. The first kappa shape index (κ1) is 11.6. The Morgan fingerprint density at radius 2 is 2.00 bits per heavy atom. The number of aryl methyl sites for hydroxylation is 2. The number of hydrogen-bond acceptors (Lipinski definition) is 2. The molecule has 1 aromatic heterocycles. The number of hydrogen-bond donors (Lipinski definition) is 1. The van der Waals surface area contributed by atoms with Gasteiger partial charge < -0.3 is 5.32 Å². The summed E-state index contributed by atoms with van der Waals surface area (Å²) in [5.41, 5.74) is 4.01. The van der Waals surface area contributed by atoms with Crippen LogP contribution in [0.15, 0.2) is 36.5 Å². The second-order valence-electron chi connectivity index (χ2n) is 4.11. The van der Waals surface area contributed by atoms with Crippen LogP contribution in [0.5, 0.6) is 0 Å². The Labute approximate surface area is 101 Å². The van der Waals surface area contributed by atoms with Gasteiger partial charge in [-0.1, -0.05) is 6.07 Å². The number of halogens is 1. The van der Waals surface area contributed by atoms with Crippen molar-refractivity contribution < 1.29 is 4.39 Å². The zero-order valence-corrected chi connectivity index (χ0v) is 10.00. The van der Waals surface area contributed by atoms with E-state index >= 15 is 0 Å². The highest BCUT2D eigenvalue weighted by atomic mass is 19.1. The molecule has 0 aliphatic carbocycles. The molecule has 1 aromatic carbocycles.